The molecule has 0 aliphatic rings. The lowest BCUT2D eigenvalue weighted by Gasteiger charge is -2.14. The SMILES string of the molecule is COc1ccc(C)cc1NS(=O)(=O)c1ccc(NC(=O)[C@H](C)Sc2ccccc2)cc1. The molecule has 0 aliphatic heterocycles. The second-order valence-electron chi connectivity index (χ2n) is 6.90. The molecule has 3 aromatic rings. The number of hydrogen-bond donors (Lipinski definition) is 2. The van der Waals surface area contributed by atoms with Gasteiger partial charge in [-0.25, -0.2) is 8.42 Å². The van der Waals surface area contributed by atoms with Gasteiger partial charge >= 0.3 is 0 Å². The van der Waals surface area contributed by atoms with E-state index in [-0.39, 0.29) is 16.1 Å². The molecule has 0 aliphatic carbocycles. The number of aryl methyl sites for hydroxylation is 1. The van der Waals surface area contributed by atoms with Crippen molar-refractivity contribution < 1.29 is 17.9 Å². The van der Waals surface area contributed by atoms with Crippen LogP contribution in [0.4, 0.5) is 11.4 Å². The van der Waals surface area contributed by atoms with E-state index in [4.69, 9.17) is 4.74 Å². The Balaban J connectivity index is 1.68. The highest BCUT2D eigenvalue weighted by atomic mass is 32.2. The van der Waals surface area contributed by atoms with Gasteiger partial charge in [0, 0.05) is 10.6 Å². The molecule has 8 heteroatoms. The van der Waals surface area contributed by atoms with Crippen LogP contribution in [0, 0.1) is 6.92 Å². The van der Waals surface area contributed by atoms with Crippen molar-refractivity contribution >= 4 is 39.1 Å². The molecule has 2 N–H and O–H groups in total. The fraction of sp³-hybridized carbons (Fsp3) is 0.174. The monoisotopic (exact) mass is 456 g/mol. The van der Waals surface area contributed by atoms with Crippen molar-refractivity contribution in [2.45, 2.75) is 28.9 Å². The summed E-state index contributed by atoms with van der Waals surface area (Å²) in [4.78, 5) is 13.6. The molecule has 0 aromatic heterocycles. The lowest BCUT2D eigenvalue weighted by Crippen LogP contribution is -2.22. The summed E-state index contributed by atoms with van der Waals surface area (Å²) in [7, 11) is -2.33. The smallest absolute Gasteiger partial charge is 0.262 e. The highest BCUT2D eigenvalue weighted by Crippen LogP contribution is 2.28. The van der Waals surface area contributed by atoms with Crippen molar-refractivity contribution in [1.29, 1.82) is 0 Å². The predicted octanol–water partition coefficient (Wildman–Crippen LogP) is 4.92. The topological polar surface area (TPSA) is 84.5 Å². The average Bonchev–Trinajstić information content (AvgIpc) is 2.74. The quantitative estimate of drug-likeness (QED) is 0.470. The van der Waals surface area contributed by atoms with Crippen LogP contribution < -0.4 is 14.8 Å². The third-order valence-corrected chi connectivity index (χ3v) is 6.95. The van der Waals surface area contributed by atoms with E-state index in [1.807, 2.05) is 50.2 Å². The number of benzene rings is 3. The molecule has 0 fully saturated rings. The molecule has 31 heavy (non-hydrogen) atoms. The van der Waals surface area contributed by atoms with Gasteiger partial charge in [-0.2, -0.15) is 0 Å². The zero-order valence-corrected chi connectivity index (χ0v) is 19.1. The van der Waals surface area contributed by atoms with Crippen LogP contribution in [0.15, 0.2) is 82.6 Å². The van der Waals surface area contributed by atoms with E-state index in [1.54, 1.807) is 24.3 Å². The number of rotatable bonds is 8. The highest BCUT2D eigenvalue weighted by Gasteiger charge is 2.18. The van der Waals surface area contributed by atoms with Gasteiger partial charge in [-0.05, 0) is 67.9 Å². The predicted molar refractivity (Wildman–Crippen MR) is 125 cm³/mol. The van der Waals surface area contributed by atoms with Gasteiger partial charge in [0.1, 0.15) is 5.75 Å². The third kappa shape index (κ3) is 6.02. The Morgan fingerprint density at radius 2 is 1.68 bits per heavy atom. The standard InChI is InChI=1S/C23H24N2O4S2/c1-16-9-14-22(29-3)21(15-16)25-31(27,28)20-12-10-18(11-13-20)24-23(26)17(2)30-19-7-5-4-6-8-19/h4-15,17,25H,1-3H3,(H,24,26)/t17-/m0/s1. The first-order valence-electron chi connectivity index (χ1n) is 9.58. The van der Waals surface area contributed by atoms with Crippen molar-refractivity contribution in [3.8, 4) is 5.75 Å². The zero-order valence-electron chi connectivity index (χ0n) is 17.5. The van der Waals surface area contributed by atoms with Crippen molar-refractivity contribution in [3.63, 3.8) is 0 Å². The molecule has 3 rings (SSSR count). The number of ether oxygens (including phenoxy) is 1. The lowest BCUT2D eigenvalue weighted by atomic mass is 10.2. The van der Waals surface area contributed by atoms with Crippen LogP contribution in [0.1, 0.15) is 12.5 Å². The zero-order chi connectivity index (χ0) is 22.4. The van der Waals surface area contributed by atoms with E-state index in [2.05, 4.69) is 10.0 Å². The lowest BCUT2D eigenvalue weighted by molar-refractivity contribution is -0.115. The van der Waals surface area contributed by atoms with E-state index >= 15 is 0 Å². The van der Waals surface area contributed by atoms with Gasteiger partial charge in [0.05, 0.1) is 22.9 Å². The summed E-state index contributed by atoms with van der Waals surface area (Å²) in [6, 6.07) is 21.0. The van der Waals surface area contributed by atoms with Crippen LogP contribution in [0.3, 0.4) is 0 Å². The minimum absolute atomic E-state index is 0.0840. The Bertz CT molecular complexity index is 1150. The molecular weight excluding hydrogens is 432 g/mol. The van der Waals surface area contributed by atoms with Gasteiger partial charge in [0.25, 0.3) is 10.0 Å². The molecule has 0 spiro atoms. The molecule has 1 amide bonds. The second-order valence-corrected chi connectivity index (χ2v) is 9.99. The van der Waals surface area contributed by atoms with Crippen LogP contribution in [-0.4, -0.2) is 26.7 Å². The number of sulfonamides is 1. The number of methoxy groups -OCH3 is 1. The van der Waals surface area contributed by atoms with Gasteiger partial charge in [-0.15, -0.1) is 11.8 Å². The number of carbonyl (C=O) groups is 1. The van der Waals surface area contributed by atoms with Crippen molar-refractivity contribution in [2.75, 3.05) is 17.1 Å². The Labute approximate surface area is 187 Å². The van der Waals surface area contributed by atoms with Crippen LogP contribution in [0.5, 0.6) is 5.75 Å². The van der Waals surface area contributed by atoms with Crippen LogP contribution in [0.25, 0.3) is 0 Å². The molecule has 0 radical (unpaired) electrons. The molecular formula is C23H24N2O4S2. The maximum Gasteiger partial charge on any atom is 0.262 e. The van der Waals surface area contributed by atoms with Crippen LogP contribution >= 0.6 is 11.8 Å². The summed E-state index contributed by atoms with van der Waals surface area (Å²) in [6.07, 6.45) is 0. The summed E-state index contributed by atoms with van der Waals surface area (Å²) in [5, 5.41) is 2.52. The van der Waals surface area contributed by atoms with E-state index in [0.717, 1.165) is 10.5 Å². The highest BCUT2D eigenvalue weighted by molar-refractivity contribution is 8.00. The first-order chi connectivity index (χ1) is 14.8. The van der Waals surface area contributed by atoms with Gasteiger partial charge in [-0.3, -0.25) is 9.52 Å². The molecule has 0 saturated heterocycles. The van der Waals surface area contributed by atoms with E-state index < -0.39 is 10.0 Å². The summed E-state index contributed by atoms with van der Waals surface area (Å²) in [5.41, 5.74) is 1.79. The number of thioether (sulfide) groups is 1. The Morgan fingerprint density at radius 3 is 2.32 bits per heavy atom. The number of hydrogen-bond acceptors (Lipinski definition) is 5. The first-order valence-corrected chi connectivity index (χ1v) is 11.9. The Hall–Kier alpha value is -2.97. The Kier molecular flexibility index (Phi) is 7.25. The normalized spacial score (nSPS) is 12.1. The summed E-state index contributed by atoms with van der Waals surface area (Å²) in [5.74, 6) is 0.273. The minimum atomic E-state index is -3.81. The van der Waals surface area contributed by atoms with Crippen LogP contribution in [0.2, 0.25) is 0 Å². The summed E-state index contributed by atoms with van der Waals surface area (Å²) < 4.78 is 33.3. The molecule has 6 nitrogen and oxygen atoms in total. The maximum absolute atomic E-state index is 12.8. The first kappa shape index (κ1) is 22.7. The molecule has 3 aromatic carbocycles. The van der Waals surface area contributed by atoms with Crippen molar-refractivity contribution in [2.24, 2.45) is 0 Å². The maximum atomic E-state index is 12.8. The van der Waals surface area contributed by atoms with E-state index in [1.165, 1.54) is 31.0 Å². The van der Waals surface area contributed by atoms with Gasteiger partial charge in [0.15, 0.2) is 0 Å². The minimum Gasteiger partial charge on any atom is -0.495 e. The van der Waals surface area contributed by atoms with Crippen molar-refractivity contribution in [3.05, 3.63) is 78.4 Å². The molecule has 0 bridgehead atoms. The molecule has 0 unspecified atom stereocenters. The summed E-state index contributed by atoms with van der Waals surface area (Å²) >= 11 is 1.45. The second kappa shape index (κ2) is 9.89. The summed E-state index contributed by atoms with van der Waals surface area (Å²) in [6.45, 7) is 3.69. The number of carbonyl (C=O) groups excluding carboxylic acids is 1. The number of nitrogens with one attached hydrogen (secondary N) is 2. The Morgan fingerprint density at radius 1 is 1.00 bits per heavy atom. The van der Waals surface area contributed by atoms with Gasteiger partial charge in [0.2, 0.25) is 5.91 Å². The molecule has 1 atom stereocenters. The molecule has 0 heterocycles. The molecule has 162 valence electrons. The molecule has 0 saturated carbocycles. The fourth-order valence-electron chi connectivity index (χ4n) is 2.82. The van der Waals surface area contributed by atoms with Gasteiger partial charge in [-0.1, -0.05) is 24.3 Å². The van der Waals surface area contributed by atoms with Crippen molar-refractivity contribution in [1.82, 2.24) is 0 Å². The van der Waals surface area contributed by atoms with Gasteiger partial charge < -0.3 is 10.1 Å². The third-order valence-electron chi connectivity index (χ3n) is 4.46. The number of anilines is 2. The fourth-order valence-corrected chi connectivity index (χ4v) is 4.77. The van der Waals surface area contributed by atoms with Crippen LogP contribution in [-0.2, 0) is 14.8 Å². The van der Waals surface area contributed by atoms with E-state index in [0.29, 0.717) is 17.1 Å². The average molecular weight is 457 g/mol. The largest absolute Gasteiger partial charge is 0.495 e. The number of amides is 1. The van der Waals surface area contributed by atoms with E-state index in [9.17, 15) is 13.2 Å².